The van der Waals surface area contributed by atoms with Crippen LogP contribution in [0.2, 0.25) is 0 Å². The maximum absolute atomic E-state index is 11.4. The first kappa shape index (κ1) is 20.8. The third-order valence-corrected chi connectivity index (χ3v) is 4.01. The predicted molar refractivity (Wildman–Crippen MR) is 97.4 cm³/mol. The minimum atomic E-state index is -0.714. The molecule has 148 valence electrons. The minimum Gasteiger partial charge on any atom is -0.497 e. The minimum absolute atomic E-state index is 0.296. The summed E-state index contributed by atoms with van der Waals surface area (Å²) in [5, 5.41) is 0. The lowest BCUT2D eigenvalue weighted by Gasteiger charge is -2.12. The zero-order valence-electron chi connectivity index (χ0n) is 15.7. The summed E-state index contributed by atoms with van der Waals surface area (Å²) in [5.41, 5.74) is 1.08. The van der Waals surface area contributed by atoms with Crippen molar-refractivity contribution in [2.24, 2.45) is 0 Å². The van der Waals surface area contributed by atoms with Gasteiger partial charge in [0.2, 0.25) is 0 Å². The summed E-state index contributed by atoms with van der Waals surface area (Å²) < 4.78 is 25.8. The fraction of sp³-hybridized carbons (Fsp3) is 0.500. The summed E-state index contributed by atoms with van der Waals surface area (Å²) in [7, 11) is 1.63. The average molecular weight is 378 g/mol. The number of hydrogen-bond acceptors (Lipinski definition) is 7. The molecule has 2 atom stereocenters. The Balaban J connectivity index is 1.64. The molecule has 1 aromatic rings. The molecule has 0 radical (unpaired) electrons. The highest BCUT2D eigenvalue weighted by atomic mass is 16.8. The number of benzene rings is 1. The Bertz CT molecular complexity index is 624. The lowest BCUT2D eigenvalue weighted by atomic mass is 10.1. The predicted octanol–water partition coefficient (Wildman–Crippen LogP) is 3.41. The van der Waals surface area contributed by atoms with Crippen LogP contribution >= 0.6 is 0 Å². The first-order valence-corrected chi connectivity index (χ1v) is 9.05. The van der Waals surface area contributed by atoms with Gasteiger partial charge in [0.15, 0.2) is 6.10 Å². The second-order valence-corrected chi connectivity index (χ2v) is 6.00. The van der Waals surface area contributed by atoms with E-state index < -0.39 is 24.3 Å². The molecular formula is C20H26O7. The van der Waals surface area contributed by atoms with E-state index in [1.54, 1.807) is 14.0 Å². The summed E-state index contributed by atoms with van der Waals surface area (Å²) in [4.78, 5) is 22.7. The summed E-state index contributed by atoms with van der Waals surface area (Å²) in [6.07, 6.45) is 3.37. The van der Waals surface area contributed by atoms with E-state index in [0.29, 0.717) is 26.2 Å². The number of hydrogen-bond donors (Lipinski definition) is 0. The lowest BCUT2D eigenvalue weighted by Crippen LogP contribution is -2.20. The van der Waals surface area contributed by atoms with Crippen LogP contribution in [-0.2, 0) is 30.3 Å². The number of ether oxygens (including phenoxy) is 5. The summed E-state index contributed by atoms with van der Waals surface area (Å²) in [6, 6.07) is 7.73. The SMILES string of the molecule is CCOC(=O)/C=C/[C@@H]1OC(=O)O[C@H]1CCCCOCc1ccc(OC)cc1. The summed E-state index contributed by atoms with van der Waals surface area (Å²) in [6.45, 7) is 3.17. The second-order valence-electron chi connectivity index (χ2n) is 6.00. The number of methoxy groups -OCH3 is 1. The van der Waals surface area contributed by atoms with Gasteiger partial charge < -0.3 is 23.7 Å². The molecule has 7 nitrogen and oxygen atoms in total. The van der Waals surface area contributed by atoms with Gasteiger partial charge in [0.25, 0.3) is 0 Å². The van der Waals surface area contributed by atoms with Gasteiger partial charge in [0.1, 0.15) is 11.9 Å². The third kappa shape index (κ3) is 7.30. The lowest BCUT2D eigenvalue weighted by molar-refractivity contribution is -0.137. The maximum Gasteiger partial charge on any atom is 0.509 e. The molecule has 1 aliphatic heterocycles. The van der Waals surface area contributed by atoms with Gasteiger partial charge in [0.05, 0.1) is 20.3 Å². The molecule has 0 amide bonds. The smallest absolute Gasteiger partial charge is 0.497 e. The fourth-order valence-corrected chi connectivity index (χ4v) is 2.62. The Labute approximate surface area is 159 Å². The Morgan fingerprint density at radius 1 is 1.19 bits per heavy atom. The van der Waals surface area contributed by atoms with Crippen molar-refractivity contribution in [3.63, 3.8) is 0 Å². The molecule has 1 saturated heterocycles. The molecule has 1 heterocycles. The molecule has 27 heavy (non-hydrogen) atoms. The largest absolute Gasteiger partial charge is 0.509 e. The molecule has 7 heteroatoms. The first-order chi connectivity index (χ1) is 13.1. The third-order valence-electron chi connectivity index (χ3n) is 4.01. The van der Waals surface area contributed by atoms with Crippen molar-refractivity contribution in [3.8, 4) is 5.75 Å². The van der Waals surface area contributed by atoms with E-state index in [0.717, 1.165) is 24.2 Å². The van der Waals surface area contributed by atoms with Crippen molar-refractivity contribution < 1.29 is 33.3 Å². The van der Waals surface area contributed by atoms with Crippen LogP contribution in [0.1, 0.15) is 31.7 Å². The summed E-state index contributed by atoms with van der Waals surface area (Å²) >= 11 is 0. The van der Waals surface area contributed by atoms with E-state index in [1.807, 2.05) is 24.3 Å². The van der Waals surface area contributed by atoms with E-state index in [-0.39, 0.29) is 0 Å². The van der Waals surface area contributed by atoms with Crippen LogP contribution in [0.15, 0.2) is 36.4 Å². The number of carbonyl (C=O) groups excluding carboxylic acids is 2. The zero-order chi connectivity index (χ0) is 19.5. The van der Waals surface area contributed by atoms with Crippen molar-refractivity contribution in [3.05, 3.63) is 42.0 Å². The van der Waals surface area contributed by atoms with Gasteiger partial charge in [-0.2, -0.15) is 0 Å². The van der Waals surface area contributed by atoms with Gasteiger partial charge in [-0.25, -0.2) is 9.59 Å². The molecule has 1 fully saturated rings. The maximum atomic E-state index is 11.4. The Morgan fingerprint density at radius 3 is 2.67 bits per heavy atom. The number of esters is 1. The molecule has 0 N–H and O–H groups in total. The average Bonchev–Trinajstić information content (AvgIpc) is 3.03. The van der Waals surface area contributed by atoms with Crippen LogP contribution in [0.25, 0.3) is 0 Å². The monoisotopic (exact) mass is 378 g/mol. The van der Waals surface area contributed by atoms with Crippen LogP contribution in [0.3, 0.4) is 0 Å². The van der Waals surface area contributed by atoms with Crippen molar-refractivity contribution >= 4 is 12.1 Å². The highest BCUT2D eigenvalue weighted by Gasteiger charge is 2.34. The van der Waals surface area contributed by atoms with Gasteiger partial charge in [-0.1, -0.05) is 12.1 Å². The normalized spacial score (nSPS) is 19.0. The van der Waals surface area contributed by atoms with Crippen LogP contribution in [0, 0.1) is 0 Å². The van der Waals surface area contributed by atoms with Crippen LogP contribution in [-0.4, -0.2) is 44.7 Å². The highest BCUT2D eigenvalue weighted by molar-refractivity contribution is 5.82. The Morgan fingerprint density at radius 2 is 1.96 bits per heavy atom. The van der Waals surface area contributed by atoms with Gasteiger partial charge in [-0.3, -0.25) is 0 Å². The molecule has 2 rings (SSSR count). The molecule has 0 spiro atoms. The molecule has 1 aromatic carbocycles. The number of rotatable bonds is 11. The van der Waals surface area contributed by atoms with Gasteiger partial charge in [-0.15, -0.1) is 0 Å². The quantitative estimate of drug-likeness (QED) is 0.332. The molecule has 0 aromatic heterocycles. The fourth-order valence-electron chi connectivity index (χ4n) is 2.62. The Kier molecular flexibility index (Phi) is 8.64. The molecular weight excluding hydrogens is 352 g/mol. The van der Waals surface area contributed by atoms with Crippen LogP contribution < -0.4 is 4.74 Å². The van der Waals surface area contributed by atoms with Gasteiger partial charge >= 0.3 is 12.1 Å². The second kappa shape index (κ2) is 11.2. The van der Waals surface area contributed by atoms with E-state index in [1.165, 1.54) is 12.2 Å². The van der Waals surface area contributed by atoms with E-state index in [4.69, 9.17) is 23.7 Å². The van der Waals surface area contributed by atoms with Crippen molar-refractivity contribution in [2.75, 3.05) is 20.3 Å². The number of unbranched alkanes of at least 4 members (excludes halogenated alkanes) is 1. The molecule has 1 aliphatic rings. The van der Waals surface area contributed by atoms with Crippen LogP contribution in [0.5, 0.6) is 5.75 Å². The first-order valence-electron chi connectivity index (χ1n) is 9.05. The van der Waals surface area contributed by atoms with Crippen molar-refractivity contribution in [1.29, 1.82) is 0 Å². The van der Waals surface area contributed by atoms with Gasteiger partial charge in [0, 0.05) is 12.7 Å². The Hall–Kier alpha value is -2.54. The van der Waals surface area contributed by atoms with E-state index in [9.17, 15) is 9.59 Å². The molecule has 0 bridgehead atoms. The standard InChI is InChI=1S/C20H26O7/c1-3-25-19(21)12-11-18-17(26-20(22)27-18)6-4-5-13-24-14-15-7-9-16(23-2)10-8-15/h7-12,17-18H,3-6,13-14H2,1-2H3/b12-11+/t17-,18-/m0/s1. The number of carbonyl (C=O) groups is 2. The number of cyclic esters (lactones) is 2. The van der Waals surface area contributed by atoms with E-state index in [2.05, 4.69) is 0 Å². The molecule has 0 unspecified atom stereocenters. The van der Waals surface area contributed by atoms with E-state index >= 15 is 0 Å². The van der Waals surface area contributed by atoms with Gasteiger partial charge in [-0.05, 0) is 50.0 Å². The topological polar surface area (TPSA) is 80.3 Å². The highest BCUT2D eigenvalue weighted by Crippen LogP contribution is 2.21. The van der Waals surface area contributed by atoms with Crippen molar-refractivity contribution in [1.82, 2.24) is 0 Å². The summed E-state index contributed by atoms with van der Waals surface area (Å²) in [5.74, 6) is 0.352. The van der Waals surface area contributed by atoms with Crippen LogP contribution in [0.4, 0.5) is 4.79 Å². The van der Waals surface area contributed by atoms with Crippen molar-refractivity contribution in [2.45, 2.75) is 45.0 Å². The zero-order valence-corrected chi connectivity index (χ0v) is 15.7. The molecule has 0 saturated carbocycles. The molecule has 0 aliphatic carbocycles.